The number of hydrogen-bond acceptors (Lipinski definition) is 3. The third-order valence-corrected chi connectivity index (χ3v) is 4.96. The first kappa shape index (κ1) is 18.1. The number of rotatable bonds is 8. The molecule has 1 rings (SSSR count). The van der Waals surface area contributed by atoms with Crippen molar-refractivity contribution in [2.75, 3.05) is 25.4 Å². The number of carbonyl (C=O) groups excluding carboxylic acids is 1. The summed E-state index contributed by atoms with van der Waals surface area (Å²) in [5.41, 5.74) is 0. The van der Waals surface area contributed by atoms with Gasteiger partial charge in [0.1, 0.15) is 0 Å². The molecule has 1 fully saturated rings. The van der Waals surface area contributed by atoms with Crippen molar-refractivity contribution in [3.8, 4) is 0 Å². The molecule has 0 saturated carbocycles. The fraction of sp³-hybridized carbons (Fsp3) is 0.867. The summed E-state index contributed by atoms with van der Waals surface area (Å²) in [6.07, 6.45) is 3.88. The molecule has 1 heterocycles. The van der Waals surface area contributed by atoms with Crippen LogP contribution in [0.15, 0.2) is 0 Å². The van der Waals surface area contributed by atoms with Crippen molar-refractivity contribution in [1.29, 1.82) is 0 Å². The van der Waals surface area contributed by atoms with Crippen molar-refractivity contribution in [3.63, 3.8) is 0 Å². The summed E-state index contributed by atoms with van der Waals surface area (Å²) >= 11 is 1.91. The first-order valence-corrected chi connectivity index (χ1v) is 8.94. The number of carboxylic acids is 1. The van der Waals surface area contributed by atoms with Crippen molar-refractivity contribution in [2.45, 2.75) is 51.2 Å². The number of nitrogens with one attached hydrogen (secondary N) is 1. The Hall–Kier alpha value is -0.910. The van der Waals surface area contributed by atoms with Crippen LogP contribution < -0.4 is 5.32 Å². The van der Waals surface area contributed by atoms with Gasteiger partial charge in [0.25, 0.3) is 0 Å². The molecule has 0 aromatic rings. The lowest BCUT2D eigenvalue weighted by atomic mass is 9.94. The molecule has 0 bridgehead atoms. The standard InChI is InChI=1S/C15H28N2O3S/c1-3-4-13(5-6-14(18)19)7-8-16-15(20)17-9-10-21-12(2)11-17/h12-13H,3-11H2,1-2H3,(H,16,20)(H,18,19). The highest BCUT2D eigenvalue weighted by molar-refractivity contribution is 7.99. The molecule has 0 radical (unpaired) electrons. The third kappa shape index (κ3) is 7.60. The summed E-state index contributed by atoms with van der Waals surface area (Å²) in [4.78, 5) is 24.6. The number of urea groups is 1. The molecule has 1 saturated heterocycles. The second kappa shape index (κ2) is 9.92. The van der Waals surface area contributed by atoms with Crippen LogP contribution in [0.4, 0.5) is 4.79 Å². The van der Waals surface area contributed by atoms with Gasteiger partial charge in [0.15, 0.2) is 0 Å². The molecule has 2 amide bonds. The molecule has 5 nitrogen and oxygen atoms in total. The number of thioether (sulfide) groups is 1. The Balaban J connectivity index is 2.25. The Morgan fingerprint density at radius 1 is 1.38 bits per heavy atom. The molecule has 2 atom stereocenters. The van der Waals surface area contributed by atoms with E-state index in [9.17, 15) is 9.59 Å². The first-order valence-electron chi connectivity index (χ1n) is 7.89. The highest BCUT2D eigenvalue weighted by atomic mass is 32.2. The van der Waals surface area contributed by atoms with Gasteiger partial charge in [-0.3, -0.25) is 4.79 Å². The maximum Gasteiger partial charge on any atom is 0.317 e. The Bertz CT molecular complexity index is 339. The molecule has 21 heavy (non-hydrogen) atoms. The van der Waals surface area contributed by atoms with Crippen LogP contribution in [0.1, 0.15) is 46.0 Å². The Labute approximate surface area is 131 Å². The van der Waals surface area contributed by atoms with Crippen LogP contribution in [-0.4, -0.2) is 52.6 Å². The Kier molecular flexibility index (Phi) is 8.57. The van der Waals surface area contributed by atoms with E-state index in [4.69, 9.17) is 5.11 Å². The number of nitrogens with zero attached hydrogens (tertiary/aromatic N) is 1. The van der Waals surface area contributed by atoms with Gasteiger partial charge < -0.3 is 15.3 Å². The maximum atomic E-state index is 12.1. The summed E-state index contributed by atoms with van der Waals surface area (Å²) in [5, 5.41) is 12.2. The predicted molar refractivity (Wildman–Crippen MR) is 86.8 cm³/mol. The predicted octanol–water partition coefficient (Wildman–Crippen LogP) is 2.80. The summed E-state index contributed by atoms with van der Waals surface area (Å²) in [7, 11) is 0. The molecule has 2 N–H and O–H groups in total. The van der Waals surface area contributed by atoms with Crippen molar-refractivity contribution in [2.24, 2.45) is 5.92 Å². The third-order valence-electron chi connectivity index (χ3n) is 3.82. The number of hydrogen-bond donors (Lipinski definition) is 2. The van der Waals surface area contributed by atoms with E-state index in [0.717, 1.165) is 38.1 Å². The van der Waals surface area contributed by atoms with Crippen molar-refractivity contribution < 1.29 is 14.7 Å². The van der Waals surface area contributed by atoms with Crippen LogP contribution in [0.25, 0.3) is 0 Å². The van der Waals surface area contributed by atoms with Gasteiger partial charge in [0, 0.05) is 37.1 Å². The number of aliphatic carboxylic acids is 1. The second-order valence-electron chi connectivity index (χ2n) is 5.74. The van der Waals surface area contributed by atoms with Crippen molar-refractivity contribution >= 4 is 23.8 Å². The molecule has 6 heteroatoms. The Morgan fingerprint density at radius 2 is 2.14 bits per heavy atom. The van der Waals surface area contributed by atoms with Gasteiger partial charge in [-0.1, -0.05) is 26.7 Å². The van der Waals surface area contributed by atoms with Gasteiger partial charge >= 0.3 is 12.0 Å². The zero-order valence-corrected chi connectivity index (χ0v) is 14.0. The number of carboxylic acid groups (broad SMARTS) is 1. The van der Waals surface area contributed by atoms with Crippen molar-refractivity contribution in [3.05, 3.63) is 0 Å². The molecule has 1 aliphatic rings. The normalized spacial score (nSPS) is 20.1. The molecular weight excluding hydrogens is 288 g/mol. The SMILES string of the molecule is CCCC(CCNC(=O)N1CCSC(C)C1)CCC(=O)O. The quantitative estimate of drug-likeness (QED) is 0.722. The monoisotopic (exact) mass is 316 g/mol. The van der Waals surface area contributed by atoms with E-state index >= 15 is 0 Å². The van der Waals surface area contributed by atoms with Crippen molar-refractivity contribution in [1.82, 2.24) is 10.2 Å². The zero-order valence-electron chi connectivity index (χ0n) is 13.1. The summed E-state index contributed by atoms with van der Waals surface area (Å²) in [6, 6.07) is 0.0237. The van der Waals surface area contributed by atoms with Gasteiger partial charge in [0.2, 0.25) is 0 Å². The Morgan fingerprint density at radius 3 is 2.76 bits per heavy atom. The van der Waals surface area contributed by atoms with Gasteiger partial charge in [-0.05, 0) is 18.8 Å². The van der Waals surface area contributed by atoms with E-state index in [1.165, 1.54) is 0 Å². The minimum absolute atomic E-state index is 0.0237. The summed E-state index contributed by atoms with van der Waals surface area (Å²) < 4.78 is 0. The van der Waals surface area contributed by atoms with Crippen LogP contribution in [0, 0.1) is 5.92 Å². The van der Waals surface area contributed by atoms with Gasteiger partial charge in [-0.25, -0.2) is 4.79 Å². The highest BCUT2D eigenvalue weighted by Gasteiger charge is 2.21. The van der Waals surface area contributed by atoms with Crippen LogP contribution in [-0.2, 0) is 4.79 Å². The van der Waals surface area contributed by atoms with Crippen LogP contribution >= 0.6 is 11.8 Å². The van der Waals surface area contributed by atoms with E-state index < -0.39 is 5.97 Å². The first-order chi connectivity index (χ1) is 10.0. The maximum absolute atomic E-state index is 12.1. The van der Waals surface area contributed by atoms with Gasteiger partial charge in [0.05, 0.1) is 0 Å². The minimum Gasteiger partial charge on any atom is -0.481 e. The van der Waals surface area contributed by atoms with Gasteiger partial charge in [-0.2, -0.15) is 11.8 Å². The molecular formula is C15H28N2O3S. The van der Waals surface area contributed by atoms with E-state index in [1.54, 1.807) is 0 Å². The van der Waals surface area contributed by atoms with Crippen LogP contribution in [0.5, 0.6) is 0 Å². The zero-order chi connectivity index (χ0) is 15.7. The van der Waals surface area contributed by atoms with E-state index in [-0.39, 0.29) is 12.5 Å². The number of amides is 2. The lowest BCUT2D eigenvalue weighted by Crippen LogP contribution is -2.46. The van der Waals surface area contributed by atoms with E-state index in [2.05, 4.69) is 19.2 Å². The highest BCUT2D eigenvalue weighted by Crippen LogP contribution is 2.19. The summed E-state index contributed by atoms with van der Waals surface area (Å²) in [5.74, 6) is 0.660. The molecule has 0 spiro atoms. The number of carbonyl (C=O) groups is 2. The van der Waals surface area contributed by atoms with Crippen LogP contribution in [0.3, 0.4) is 0 Å². The molecule has 0 aromatic heterocycles. The lowest BCUT2D eigenvalue weighted by Gasteiger charge is -2.30. The molecule has 2 unspecified atom stereocenters. The molecule has 0 aromatic carbocycles. The lowest BCUT2D eigenvalue weighted by molar-refractivity contribution is -0.137. The smallest absolute Gasteiger partial charge is 0.317 e. The van der Waals surface area contributed by atoms with E-state index in [0.29, 0.717) is 24.1 Å². The minimum atomic E-state index is -0.736. The summed E-state index contributed by atoms with van der Waals surface area (Å²) in [6.45, 7) is 6.53. The average molecular weight is 316 g/mol. The fourth-order valence-electron chi connectivity index (χ4n) is 2.67. The molecule has 0 aliphatic carbocycles. The largest absolute Gasteiger partial charge is 0.481 e. The average Bonchev–Trinajstić information content (AvgIpc) is 2.44. The molecule has 122 valence electrons. The van der Waals surface area contributed by atoms with E-state index in [1.807, 2.05) is 16.7 Å². The second-order valence-corrected chi connectivity index (χ2v) is 7.28. The fourth-order valence-corrected chi connectivity index (χ4v) is 3.68. The van der Waals surface area contributed by atoms with Gasteiger partial charge in [-0.15, -0.1) is 0 Å². The topological polar surface area (TPSA) is 69.6 Å². The molecule has 1 aliphatic heterocycles. The van der Waals surface area contributed by atoms with Crippen LogP contribution in [0.2, 0.25) is 0 Å².